The number of rotatable bonds is 7. The van der Waals surface area contributed by atoms with E-state index >= 15 is 0 Å². The van der Waals surface area contributed by atoms with Crippen molar-refractivity contribution in [3.8, 4) is 0 Å². The molecule has 0 spiro atoms. The third-order valence-corrected chi connectivity index (χ3v) is 5.02. The monoisotopic (exact) mass is 388 g/mol. The Hall–Kier alpha value is -2.44. The van der Waals surface area contributed by atoms with E-state index in [-0.39, 0.29) is 18.9 Å². The van der Waals surface area contributed by atoms with Gasteiger partial charge in [0, 0.05) is 34.7 Å². The van der Waals surface area contributed by atoms with E-state index in [0.717, 1.165) is 16.3 Å². The number of hydrogen-bond acceptors (Lipinski definition) is 4. The molecular weight excluding hydrogens is 372 g/mol. The lowest BCUT2D eigenvalue weighted by molar-refractivity contribution is -0.116. The fourth-order valence-corrected chi connectivity index (χ4v) is 3.43. The smallest absolute Gasteiger partial charge is 0.408 e. The predicted molar refractivity (Wildman–Crippen MR) is 106 cm³/mol. The predicted octanol–water partition coefficient (Wildman–Crippen LogP) is 4.55. The number of aryl methyl sites for hydroxylation is 1. The molecule has 2 aromatic carbocycles. The molecule has 3 aromatic rings. The van der Waals surface area contributed by atoms with Gasteiger partial charge in [0.1, 0.15) is 0 Å². The molecule has 0 radical (unpaired) electrons. The summed E-state index contributed by atoms with van der Waals surface area (Å²) >= 11 is 7.50. The van der Waals surface area contributed by atoms with Gasteiger partial charge in [-0.3, -0.25) is 9.36 Å². The normalized spacial score (nSPS) is 10.8. The number of amides is 1. The lowest BCUT2D eigenvalue weighted by Crippen LogP contribution is -2.20. The van der Waals surface area contributed by atoms with E-state index in [1.165, 1.54) is 4.57 Å². The molecule has 0 aliphatic carbocycles. The summed E-state index contributed by atoms with van der Waals surface area (Å²) in [5, 5.41) is 3.39. The highest BCUT2D eigenvalue weighted by atomic mass is 35.5. The van der Waals surface area contributed by atoms with Gasteiger partial charge in [-0.25, -0.2) is 4.79 Å². The molecule has 0 fully saturated rings. The van der Waals surface area contributed by atoms with E-state index in [1.807, 2.05) is 30.3 Å². The minimum atomic E-state index is -0.503. The van der Waals surface area contributed by atoms with Crippen LogP contribution in [-0.4, -0.2) is 16.2 Å². The van der Waals surface area contributed by atoms with Crippen LogP contribution < -0.4 is 11.1 Å². The second-order valence-electron chi connectivity index (χ2n) is 5.53. The van der Waals surface area contributed by atoms with Crippen molar-refractivity contribution in [2.45, 2.75) is 17.9 Å². The maximum Gasteiger partial charge on any atom is 0.419 e. The van der Waals surface area contributed by atoms with E-state index in [1.54, 1.807) is 30.0 Å². The summed E-state index contributed by atoms with van der Waals surface area (Å²) in [6, 6.07) is 12.6. The van der Waals surface area contributed by atoms with Crippen LogP contribution in [-0.2, 0) is 11.3 Å². The second kappa shape index (κ2) is 8.29. The van der Waals surface area contributed by atoms with Gasteiger partial charge in [-0.2, -0.15) is 0 Å². The Morgan fingerprint density at radius 1 is 1.31 bits per heavy atom. The van der Waals surface area contributed by atoms with Crippen molar-refractivity contribution in [2.75, 3.05) is 11.1 Å². The number of nitrogens with one attached hydrogen (secondary N) is 1. The third-order valence-electron chi connectivity index (χ3n) is 3.71. The number of halogens is 1. The lowest BCUT2D eigenvalue weighted by Gasteiger charge is -2.10. The summed E-state index contributed by atoms with van der Waals surface area (Å²) in [5.41, 5.74) is 1.78. The molecule has 0 saturated carbocycles. The van der Waals surface area contributed by atoms with Crippen LogP contribution in [0.1, 0.15) is 6.42 Å². The van der Waals surface area contributed by atoms with E-state index in [4.69, 9.17) is 16.0 Å². The van der Waals surface area contributed by atoms with Crippen molar-refractivity contribution < 1.29 is 9.21 Å². The highest BCUT2D eigenvalue weighted by molar-refractivity contribution is 7.99. The van der Waals surface area contributed by atoms with Gasteiger partial charge < -0.3 is 9.73 Å². The number of carbonyl (C=O) groups is 1. The average Bonchev–Trinajstić information content (AvgIpc) is 2.93. The van der Waals surface area contributed by atoms with Crippen LogP contribution in [0.4, 0.5) is 5.69 Å². The molecule has 5 nitrogen and oxygen atoms in total. The van der Waals surface area contributed by atoms with E-state index in [9.17, 15) is 9.59 Å². The Labute approximate surface area is 159 Å². The zero-order valence-corrected chi connectivity index (χ0v) is 15.5. The molecule has 26 heavy (non-hydrogen) atoms. The molecule has 7 heteroatoms. The van der Waals surface area contributed by atoms with Gasteiger partial charge in [0.05, 0.1) is 11.2 Å². The molecule has 0 aliphatic rings. The molecule has 1 N–H and O–H groups in total. The van der Waals surface area contributed by atoms with Crippen LogP contribution in [0.25, 0.3) is 11.1 Å². The molecule has 1 heterocycles. The Morgan fingerprint density at radius 2 is 2.12 bits per heavy atom. The van der Waals surface area contributed by atoms with Crippen LogP contribution in [0.3, 0.4) is 0 Å². The number of nitrogens with zero attached hydrogens (tertiary/aromatic N) is 1. The van der Waals surface area contributed by atoms with Crippen molar-refractivity contribution in [2.24, 2.45) is 0 Å². The highest BCUT2D eigenvalue weighted by Gasteiger charge is 2.12. The van der Waals surface area contributed by atoms with Crippen molar-refractivity contribution in [3.63, 3.8) is 0 Å². The van der Waals surface area contributed by atoms with Gasteiger partial charge in [0.15, 0.2) is 5.58 Å². The molecule has 0 bridgehead atoms. The zero-order valence-electron chi connectivity index (χ0n) is 13.9. The fourth-order valence-electron chi connectivity index (χ4n) is 2.52. The van der Waals surface area contributed by atoms with Crippen LogP contribution in [0.5, 0.6) is 0 Å². The van der Waals surface area contributed by atoms with Gasteiger partial charge in [-0.05, 0) is 24.3 Å². The highest BCUT2D eigenvalue weighted by Crippen LogP contribution is 2.27. The van der Waals surface area contributed by atoms with Gasteiger partial charge >= 0.3 is 5.76 Å². The summed E-state index contributed by atoms with van der Waals surface area (Å²) in [6.45, 7) is 3.93. The minimum Gasteiger partial charge on any atom is -0.408 e. The number of benzene rings is 2. The Balaban J connectivity index is 1.70. The van der Waals surface area contributed by atoms with Crippen molar-refractivity contribution in [3.05, 3.63) is 70.7 Å². The molecule has 0 aliphatic heterocycles. The largest absolute Gasteiger partial charge is 0.419 e. The summed E-state index contributed by atoms with van der Waals surface area (Å²) in [6.07, 6.45) is 1.96. The van der Waals surface area contributed by atoms with Gasteiger partial charge in [0.2, 0.25) is 5.91 Å². The van der Waals surface area contributed by atoms with Crippen LogP contribution in [0.2, 0.25) is 5.02 Å². The van der Waals surface area contributed by atoms with Crippen LogP contribution in [0, 0.1) is 0 Å². The molecule has 1 amide bonds. The maximum absolute atomic E-state index is 12.3. The molecule has 0 atom stereocenters. The second-order valence-corrected chi connectivity index (χ2v) is 7.02. The van der Waals surface area contributed by atoms with Gasteiger partial charge in [0.25, 0.3) is 0 Å². The molecule has 0 saturated heterocycles. The fraction of sp³-hybridized carbons (Fsp3) is 0.158. The molecule has 134 valence electrons. The van der Waals surface area contributed by atoms with Crippen LogP contribution >= 0.6 is 23.4 Å². The van der Waals surface area contributed by atoms with Crippen LogP contribution in [0.15, 0.2) is 69.2 Å². The van der Waals surface area contributed by atoms with E-state index in [2.05, 4.69) is 11.9 Å². The first-order valence-electron chi connectivity index (χ1n) is 8.00. The standard InChI is InChI=1S/C19H17ClN2O3S/c1-2-11-26-17-6-4-3-5-14(17)21-18(23)9-10-22-15-8-7-13(20)12-16(15)25-19(22)24/h2-8,12H,1,9-11H2,(H,21,23). The number of anilines is 1. The van der Waals surface area contributed by atoms with E-state index < -0.39 is 5.76 Å². The quantitative estimate of drug-likeness (QED) is 0.476. The number of aromatic nitrogens is 1. The van der Waals surface area contributed by atoms with Crippen molar-refractivity contribution in [1.29, 1.82) is 0 Å². The Morgan fingerprint density at radius 3 is 2.92 bits per heavy atom. The lowest BCUT2D eigenvalue weighted by atomic mass is 10.3. The SMILES string of the molecule is C=CCSc1ccccc1NC(=O)CCn1c(=O)oc2cc(Cl)ccc21. The Kier molecular flexibility index (Phi) is 5.85. The Bertz CT molecular complexity index is 1010. The third kappa shape index (κ3) is 4.20. The first-order chi connectivity index (χ1) is 12.6. The number of oxazole rings is 1. The summed E-state index contributed by atoms with van der Waals surface area (Å²) in [7, 11) is 0. The average molecular weight is 389 g/mol. The molecular formula is C19H17ClN2O3S. The first-order valence-corrected chi connectivity index (χ1v) is 9.36. The summed E-state index contributed by atoms with van der Waals surface area (Å²) in [4.78, 5) is 25.3. The zero-order chi connectivity index (χ0) is 18.5. The molecule has 0 unspecified atom stereocenters. The number of hydrogen-bond donors (Lipinski definition) is 1. The summed E-state index contributed by atoms with van der Waals surface area (Å²) < 4.78 is 6.61. The number of thioether (sulfide) groups is 1. The van der Waals surface area contributed by atoms with Crippen molar-refractivity contribution in [1.82, 2.24) is 4.57 Å². The molecule has 1 aromatic heterocycles. The number of para-hydroxylation sites is 1. The summed E-state index contributed by atoms with van der Waals surface area (Å²) in [5.74, 6) is 0.0788. The number of carbonyl (C=O) groups excluding carboxylic acids is 1. The van der Waals surface area contributed by atoms with Crippen molar-refractivity contribution >= 4 is 46.1 Å². The number of fused-ring (bicyclic) bond motifs is 1. The minimum absolute atomic E-state index is 0.150. The van der Waals surface area contributed by atoms with Gasteiger partial charge in [-0.15, -0.1) is 18.3 Å². The molecule has 3 rings (SSSR count). The topological polar surface area (TPSA) is 64.2 Å². The first kappa shape index (κ1) is 18.4. The maximum atomic E-state index is 12.3. The van der Waals surface area contributed by atoms with Gasteiger partial charge in [-0.1, -0.05) is 29.8 Å². The van der Waals surface area contributed by atoms with E-state index in [0.29, 0.717) is 16.1 Å².